The number of rotatable bonds is 4. The van der Waals surface area contributed by atoms with E-state index in [0.29, 0.717) is 22.8 Å². The van der Waals surface area contributed by atoms with Gasteiger partial charge in [-0.1, -0.05) is 0 Å². The maximum atomic E-state index is 9.00. The molecule has 0 spiro atoms. The van der Waals surface area contributed by atoms with Crippen molar-refractivity contribution in [3.05, 3.63) is 36.2 Å². The monoisotopic (exact) mass is 254 g/mol. The number of nitrogens with zero attached hydrogens (tertiary/aromatic N) is 3. The van der Waals surface area contributed by atoms with Gasteiger partial charge < -0.3 is 10.1 Å². The van der Waals surface area contributed by atoms with Crippen LogP contribution < -0.4 is 10.1 Å². The van der Waals surface area contributed by atoms with E-state index in [9.17, 15) is 0 Å². The molecule has 0 atom stereocenters. The molecule has 0 saturated heterocycles. The second-order valence-electron chi connectivity index (χ2n) is 3.81. The van der Waals surface area contributed by atoms with E-state index in [4.69, 9.17) is 10.00 Å². The first-order chi connectivity index (χ1) is 9.30. The largest absolute Gasteiger partial charge is 0.496 e. The summed E-state index contributed by atoms with van der Waals surface area (Å²) in [5.41, 5.74) is 1.99. The Morgan fingerprint density at radius 2 is 2.11 bits per heavy atom. The van der Waals surface area contributed by atoms with Gasteiger partial charge in [0.15, 0.2) is 5.82 Å². The molecule has 0 bridgehead atoms. The van der Waals surface area contributed by atoms with E-state index in [-0.39, 0.29) is 0 Å². The number of ether oxygens (including phenoxy) is 1. The van der Waals surface area contributed by atoms with Crippen LogP contribution in [0.15, 0.2) is 30.6 Å². The highest BCUT2D eigenvalue weighted by Gasteiger charge is 2.13. The van der Waals surface area contributed by atoms with Gasteiger partial charge in [-0.2, -0.15) is 5.26 Å². The van der Waals surface area contributed by atoms with Gasteiger partial charge in [-0.05, 0) is 25.1 Å². The molecule has 96 valence electrons. The van der Waals surface area contributed by atoms with Gasteiger partial charge in [-0.15, -0.1) is 0 Å². The molecule has 5 nitrogen and oxygen atoms in total. The number of methoxy groups -OCH3 is 1. The fourth-order valence-electron chi connectivity index (χ4n) is 1.79. The van der Waals surface area contributed by atoms with Crippen LogP contribution in [-0.2, 0) is 0 Å². The topological polar surface area (TPSA) is 70.8 Å². The van der Waals surface area contributed by atoms with Crippen molar-refractivity contribution in [3.8, 4) is 23.1 Å². The van der Waals surface area contributed by atoms with Crippen LogP contribution in [0.3, 0.4) is 0 Å². The lowest BCUT2D eigenvalue weighted by molar-refractivity contribution is 0.416. The number of anilines is 1. The molecule has 1 aromatic heterocycles. The van der Waals surface area contributed by atoms with Crippen molar-refractivity contribution >= 4 is 5.82 Å². The van der Waals surface area contributed by atoms with E-state index >= 15 is 0 Å². The lowest BCUT2D eigenvalue weighted by atomic mass is 10.1. The fourth-order valence-corrected chi connectivity index (χ4v) is 1.79. The van der Waals surface area contributed by atoms with Crippen LogP contribution in [-0.4, -0.2) is 23.6 Å². The first-order valence-corrected chi connectivity index (χ1v) is 5.93. The Kier molecular flexibility index (Phi) is 3.94. The van der Waals surface area contributed by atoms with Crippen molar-refractivity contribution in [3.63, 3.8) is 0 Å². The lowest BCUT2D eigenvalue weighted by Gasteiger charge is -2.12. The number of aromatic nitrogens is 2. The molecule has 1 heterocycles. The minimum absolute atomic E-state index is 0.559. The van der Waals surface area contributed by atoms with Gasteiger partial charge in [0, 0.05) is 24.5 Å². The van der Waals surface area contributed by atoms with Crippen molar-refractivity contribution in [2.24, 2.45) is 0 Å². The summed E-state index contributed by atoms with van der Waals surface area (Å²) in [6, 6.07) is 7.35. The molecule has 0 aliphatic heterocycles. The van der Waals surface area contributed by atoms with Gasteiger partial charge in [0.1, 0.15) is 11.4 Å². The number of nitriles is 1. The second-order valence-corrected chi connectivity index (χ2v) is 3.81. The summed E-state index contributed by atoms with van der Waals surface area (Å²) < 4.78 is 5.33. The SMILES string of the molecule is CCNc1nccnc1-c1cc(C#N)ccc1OC. The molecule has 2 rings (SSSR count). The molecule has 19 heavy (non-hydrogen) atoms. The number of nitrogens with one attached hydrogen (secondary N) is 1. The van der Waals surface area contributed by atoms with Crippen LogP contribution in [0.4, 0.5) is 5.82 Å². The zero-order valence-corrected chi connectivity index (χ0v) is 10.8. The smallest absolute Gasteiger partial charge is 0.152 e. The van der Waals surface area contributed by atoms with Crippen LogP contribution in [0.25, 0.3) is 11.3 Å². The van der Waals surface area contributed by atoms with E-state index in [1.54, 1.807) is 37.7 Å². The molecule has 0 saturated carbocycles. The quantitative estimate of drug-likeness (QED) is 0.907. The predicted molar refractivity (Wildman–Crippen MR) is 72.9 cm³/mol. The summed E-state index contributed by atoms with van der Waals surface area (Å²) in [7, 11) is 1.59. The standard InChI is InChI=1S/C14H14N4O/c1-3-16-14-13(17-6-7-18-14)11-8-10(9-15)4-5-12(11)19-2/h4-8H,3H2,1-2H3,(H,16,18). The minimum Gasteiger partial charge on any atom is -0.496 e. The Morgan fingerprint density at radius 1 is 1.32 bits per heavy atom. The summed E-state index contributed by atoms with van der Waals surface area (Å²) in [6.45, 7) is 2.73. The Hall–Kier alpha value is -2.61. The zero-order chi connectivity index (χ0) is 13.7. The highest BCUT2D eigenvalue weighted by Crippen LogP contribution is 2.32. The highest BCUT2D eigenvalue weighted by molar-refractivity contribution is 5.77. The second kappa shape index (κ2) is 5.83. The average Bonchev–Trinajstić information content (AvgIpc) is 2.47. The van der Waals surface area contributed by atoms with Gasteiger partial charge in [0.25, 0.3) is 0 Å². The Labute approximate surface area is 111 Å². The van der Waals surface area contributed by atoms with Gasteiger partial charge in [0.05, 0.1) is 18.7 Å². The molecule has 0 aliphatic carbocycles. The molecule has 0 aliphatic rings. The average molecular weight is 254 g/mol. The van der Waals surface area contributed by atoms with Crippen LogP contribution in [0, 0.1) is 11.3 Å². The first kappa shape index (κ1) is 12.8. The van der Waals surface area contributed by atoms with Crippen LogP contribution in [0.5, 0.6) is 5.75 Å². The summed E-state index contributed by atoms with van der Waals surface area (Å²) in [5.74, 6) is 1.34. The zero-order valence-electron chi connectivity index (χ0n) is 10.8. The fraction of sp³-hybridized carbons (Fsp3) is 0.214. The van der Waals surface area contributed by atoms with Gasteiger partial charge in [-0.25, -0.2) is 4.98 Å². The lowest BCUT2D eigenvalue weighted by Crippen LogP contribution is -2.03. The van der Waals surface area contributed by atoms with E-state index in [0.717, 1.165) is 12.1 Å². The van der Waals surface area contributed by atoms with E-state index in [2.05, 4.69) is 21.4 Å². The van der Waals surface area contributed by atoms with E-state index in [1.807, 2.05) is 6.92 Å². The Balaban J connectivity index is 2.60. The van der Waals surface area contributed by atoms with Crippen LogP contribution in [0.1, 0.15) is 12.5 Å². The highest BCUT2D eigenvalue weighted by atomic mass is 16.5. The van der Waals surface area contributed by atoms with Crippen molar-refractivity contribution in [1.82, 2.24) is 9.97 Å². The molecule has 5 heteroatoms. The molecule has 1 aromatic carbocycles. The Morgan fingerprint density at radius 3 is 2.79 bits per heavy atom. The maximum absolute atomic E-state index is 9.00. The predicted octanol–water partition coefficient (Wildman–Crippen LogP) is 2.46. The number of benzene rings is 1. The van der Waals surface area contributed by atoms with Crippen LogP contribution in [0.2, 0.25) is 0 Å². The van der Waals surface area contributed by atoms with Crippen molar-refractivity contribution in [2.75, 3.05) is 19.0 Å². The van der Waals surface area contributed by atoms with Gasteiger partial charge >= 0.3 is 0 Å². The molecule has 0 fully saturated rings. The molecule has 2 aromatic rings. The third-order valence-corrected chi connectivity index (χ3v) is 2.63. The summed E-state index contributed by atoms with van der Waals surface area (Å²) in [6.07, 6.45) is 3.25. The molecular weight excluding hydrogens is 240 g/mol. The third-order valence-electron chi connectivity index (χ3n) is 2.63. The van der Waals surface area contributed by atoms with Crippen LogP contribution >= 0.6 is 0 Å². The third kappa shape index (κ3) is 2.63. The van der Waals surface area contributed by atoms with Crippen molar-refractivity contribution in [2.45, 2.75) is 6.92 Å². The van der Waals surface area contributed by atoms with Gasteiger partial charge in [-0.3, -0.25) is 4.98 Å². The summed E-state index contributed by atoms with van der Waals surface area (Å²) >= 11 is 0. The summed E-state index contributed by atoms with van der Waals surface area (Å²) in [4.78, 5) is 8.60. The minimum atomic E-state index is 0.559. The van der Waals surface area contributed by atoms with E-state index < -0.39 is 0 Å². The van der Waals surface area contributed by atoms with Gasteiger partial charge in [0.2, 0.25) is 0 Å². The molecule has 1 N–H and O–H groups in total. The maximum Gasteiger partial charge on any atom is 0.152 e. The Bertz CT molecular complexity index is 619. The first-order valence-electron chi connectivity index (χ1n) is 5.93. The van der Waals surface area contributed by atoms with E-state index in [1.165, 1.54) is 0 Å². The normalized spacial score (nSPS) is 9.74. The van der Waals surface area contributed by atoms with Crippen molar-refractivity contribution < 1.29 is 4.74 Å². The van der Waals surface area contributed by atoms with Crippen molar-refractivity contribution in [1.29, 1.82) is 5.26 Å². The molecular formula is C14H14N4O. The molecule has 0 radical (unpaired) electrons. The number of hydrogen-bond donors (Lipinski definition) is 1. The number of hydrogen-bond acceptors (Lipinski definition) is 5. The summed E-state index contributed by atoms with van der Waals surface area (Å²) in [5, 5.41) is 12.2. The molecule has 0 unspecified atom stereocenters. The molecule has 0 amide bonds.